The van der Waals surface area contributed by atoms with Gasteiger partial charge in [0, 0.05) is 12.0 Å². The summed E-state index contributed by atoms with van der Waals surface area (Å²) >= 11 is 0. The minimum atomic E-state index is -4.20. The highest BCUT2D eigenvalue weighted by atomic mass is 31.2. The summed E-state index contributed by atoms with van der Waals surface area (Å²) in [6.07, 6.45) is -1.57. The van der Waals surface area contributed by atoms with Crippen molar-refractivity contribution in [3.8, 4) is 5.75 Å². The Labute approximate surface area is 186 Å². The Kier molecular flexibility index (Phi) is 10.7. The maximum atomic E-state index is 13.3. The third kappa shape index (κ3) is 8.88. The molecule has 1 aromatic carbocycles. The van der Waals surface area contributed by atoms with E-state index in [9.17, 15) is 28.8 Å². The fourth-order valence-electron chi connectivity index (χ4n) is 2.28. The lowest BCUT2D eigenvalue weighted by Gasteiger charge is -2.31. The number of methoxy groups -OCH3 is 1. The molecule has 0 saturated heterocycles. The first-order chi connectivity index (χ1) is 14.9. The Morgan fingerprint density at radius 2 is 1.84 bits per heavy atom. The minimum absolute atomic E-state index is 0.0397. The van der Waals surface area contributed by atoms with Crippen LogP contribution in [-0.2, 0) is 33.0 Å². The van der Waals surface area contributed by atoms with Crippen LogP contribution in [0.1, 0.15) is 27.2 Å². The van der Waals surface area contributed by atoms with Crippen LogP contribution in [0.25, 0.3) is 0 Å². The van der Waals surface area contributed by atoms with E-state index in [1.807, 2.05) is 0 Å². The number of aldehydes is 1. The molecule has 0 aromatic heterocycles. The lowest BCUT2D eigenvalue weighted by atomic mass is 9.87. The topological polar surface area (TPSA) is 157 Å². The molecule has 178 valence electrons. The number of para-hydroxylation sites is 1. The Bertz CT molecular complexity index is 845. The fraction of sp³-hybridized carbons (Fsp3) is 0.500. The number of benzene rings is 1. The smallest absolute Gasteiger partial charge is 0.459 e. The minimum Gasteiger partial charge on any atom is -0.469 e. The third-order valence-electron chi connectivity index (χ3n) is 4.31. The summed E-state index contributed by atoms with van der Waals surface area (Å²) in [5.74, 6) is -1.98. The van der Waals surface area contributed by atoms with Crippen molar-refractivity contribution in [1.82, 2.24) is 10.4 Å². The summed E-state index contributed by atoms with van der Waals surface area (Å²) in [5, 5.41) is 15.2. The molecule has 3 atom stereocenters. The second-order valence-corrected chi connectivity index (χ2v) is 9.25. The number of rotatable bonds is 14. The van der Waals surface area contributed by atoms with Crippen LogP contribution in [0, 0.1) is 5.41 Å². The van der Waals surface area contributed by atoms with E-state index in [1.54, 1.807) is 18.2 Å². The number of nitrogens with one attached hydrogen (secondary N) is 2. The SMILES string of the molecule is COC(=O)CCNC(=O)[C@H](O)C(C)(C)COP(=O)(N[C@@H](C)C(=O)C=O)Oc1ccccc1. The highest BCUT2D eigenvalue weighted by molar-refractivity contribution is 7.52. The number of Topliss-reactive ketones (excluding diaryl/α,β-unsaturated/α-hetero) is 1. The molecule has 0 fully saturated rings. The van der Waals surface area contributed by atoms with Gasteiger partial charge in [-0.05, 0) is 19.1 Å². The molecular formula is C20H29N2O9P. The lowest BCUT2D eigenvalue weighted by molar-refractivity contribution is -0.141. The number of aliphatic hydroxyl groups excluding tert-OH is 1. The van der Waals surface area contributed by atoms with Crippen molar-refractivity contribution in [3.05, 3.63) is 30.3 Å². The number of hydrogen-bond donors (Lipinski definition) is 3. The maximum absolute atomic E-state index is 13.3. The first-order valence-corrected chi connectivity index (χ1v) is 11.3. The molecule has 0 bridgehead atoms. The summed E-state index contributed by atoms with van der Waals surface area (Å²) in [7, 11) is -2.99. The van der Waals surface area contributed by atoms with E-state index in [4.69, 9.17) is 9.05 Å². The van der Waals surface area contributed by atoms with Crippen molar-refractivity contribution in [1.29, 1.82) is 0 Å². The summed E-state index contributed by atoms with van der Waals surface area (Å²) < 4.78 is 28.6. The van der Waals surface area contributed by atoms with Crippen LogP contribution in [-0.4, -0.2) is 61.5 Å². The molecule has 0 radical (unpaired) electrons. The molecule has 1 amide bonds. The van der Waals surface area contributed by atoms with Crippen molar-refractivity contribution >= 4 is 31.7 Å². The van der Waals surface area contributed by atoms with Gasteiger partial charge in [0.15, 0.2) is 6.29 Å². The van der Waals surface area contributed by atoms with Crippen LogP contribution in [0.2, 0.25) is 0 Å². The van der Waals surface area contributed by atoms with Gasteiger partial charge < -0.3 is 19.7 Å². The Balaban J connectivity index is 2.87. The highest BCUT2D eigenvalue weighted by Gasteiger charge is 2.39. The molecule has 0 aliphatic heterocycles. The molecule has 11 nitrogen and oxygen atoms in total. The summed E-state index contributed by atoms with van der Waals surface area (Å²) in [6, 6.07) is 6.83. The molecule has 0 aliphatic carbocycles. The van der Waals surface area contributed by atoms with Crippen LogP contribution in [0.15, 0.2) is 30.3 Å². The number of ether oxygens (including phenoxy) is 1. The maximum Gasteiger partial charge on any atom is 0.459 e. The number of ketones is 1. The third-order valence-corrected chi connectivity index (χ3v) is 5.94. The van der Waals surface area contributed by atoms with Crippen LogP contribution >= 0.6 is 7.75 Å². The molecule has 0 spiro atoms. The van der Waals surface area contributed by atoms with Gasteiger partial charge in [0.05, 0.1) is 26.2 Å². The normalized spacial score (nSPS) is 15.0. The van der Waals surface area contributed by atoms with E-state index in [1.165, 1.54) is 40.0 Å². The number of esters is 1. The number of aliphatic hydroxyl groups is 1. The number of carbonyl (C=O) groups excluding carboxylic acids is 4. The van der Waals surface area contributed by atoms with Gasteiger partial charge in [-0.3, -0.25) is 23.7 Å². The quantitative estimate of drug-likeness (QED) is 0.154. The second kappa shape index (κ2) is 12.4. The van der Waals surface area contributed by atoms with Crippen LogP contribution in [0.4, 0.5) is 0 Å². The molecular weight excluding hydrogens is 443 g/mol. The molecule has 0 aliphatic rings. The zero-order valence-corrected chi connectivity index (χ0v) is 19.3. The van der Waals surface area contributed by atoms with Gasteiger partial charge in [-0.15, -0.1) is 0 Å². The molecule has 3 N–H and O–H groups in total. The van der Waals surface area contributed by atoms with Crippen molar-refractivity contribution < 1.29 is 42.6 Å². The Morgan fingerprint density at radius 1 is 1.22 bits per heavy atom. The highest BCUT2D eigenvalue weighted by Crippen LogP contribution is 2.46. The van der Waals surface area contributed by atoms with Gasteiger partial charge >= 0.3 is 13.7 Å². The van der Waals surface area contributed by atoms with Gasteiger partial charge in [0.25, 0.3) is 0 Å². The van der Waals surface area contributed by atoms with Gasteiger partial charge in [0.1, 0.15) is 11.9 Å². The number of hydrogen-bond acceptors (Lipinski definition) is 9. The molecule has 0 heterocycles. The van der Waals surface area contributed by atoms with Gasteiger partial charge in [0.2, 0.25) is 11.7 Å². The molecule has 1 unspecified atom stereocenters. The number of carbonyl (C=O) groups is 4. The van der Waals surface area contributed by atoms with Gasteiger partial charge in [-0.1, -0.05) is 32.0 Å². The molecule has 1 aromatic rings. The van der Waals surface area contributed by atoms with Crippen molar-refractivity contribution in [2.75, 3.05) is 20.3 Å². The van der Waals surface area contributed by atoms with E-state index in [-0.39, 0.29) is 25.0 Å². The predicted octanol–water partition coefficient (Wildman–Crippen LogP) is 1.00. The first kappa shape index (κ1) is 27.4. The van der Waals surface area contributed by atoms with Crippen LogP contribution in [0.5, 0.6) is 5.75 Å². The van der Waals surface area contributed by atoms with Crippen molar-refractivity contribution in [2.24, 2.45) is 5.41 Å². The average Bonchev–Trinajstić information content (AvgIpc) is 2.77. The summed E-state index contributed by atoms with van der Waals surface area (Å²) in [5.41, 5.74) is -1.25. The Hall–Kier alpha value is -2.59. The van der Waals surface area contributed by atoms with Gasteiger partial charge in [-0.2, -0.15) is 0 Å². The number of amides is 1. The fourth-order valence-corrected chi connectivity index (χ4v) is 3.97. The van der Waals surface area contributed by atoms with Gasteiger partial charge in [-0.25, -0.2) is 9.65 Å². The zero-order chi connectivity index (χ0) is 24.4. The largest absolute Gasteiger partial charge is 0.469 e. The average molecular weight is 472 g/mol. The van der Waals surface area contributed by atoms with Crippen molar-refractivity contribution in [2.45, 2.75) is 39.3 Å². The zero-order valence-electron chi connectivity index (χ0n) is 18.4. The van der Waals surface area contributed by atoms with E-state index >= 15 is 0 Å². The van der Waals surface area contributed by atoms with Crippen molar-refractivity contribution in [3.63, 3.8) is 0 Å². The van der Waals surface area contributed by atoms with Crippen LogP contribution < -0.4 is 14.9 Å². The molecule has 12 heteroatoms. The molecule has 32 heavy (non-hydrogen) atoms. The van der Waals surface area contributed by atoms with E-state index in [0.717, 1.165) is 0 Å². The summed E-state index contributed by atoms with van der Waals surface area (Å²) in [6.45, 7) is 3.84. The van der Waals surface area contributed by atoms with E-state index < -0.39 is 49.6 Å². The predicted molar refractivity (Wildman–Crippen MR) is 114 cm³/mol. The molecule has 1 rings (SSSR count). The first-order valence-electron chi connectivity index (χ1n) is 9.72. The monoisotopic (exact) mass is 472 g/mol. The van der Waals surface area contributed by atoms with E-state index in [0.29, 0.717) is 0 Å². The standard InChI is InChI=1S/C20H29N2O9P/c1-14(16(24)12-23)22-32(28,31-15-8-6-5-7-9-15)30-13-20(2,3)18(26)19(27)21-11-10-17(25)29-4/h5-9,12,14,18,26H,10-11,13H2,1-4H3,(H,21,27)(H,22,28)/t14-,18-,32?/m0/s1. The molecule has 0 saturated carbocycles. The summed E-state index contributed by atoms with van der Waals surface area (Å²) in [4.78, 5) is 45.7. The lowest BCUT2D eigenvalue weighted by Crippen LogP contribution is -2.46. The second-order valence-electron chi connectivity index (χ2n) is 7.55. The van der Waals surface area contributed by atoms with E-state index in [2.05, 4.69) is 15.1 Å². The Morgan fingerprint density at radius 3 is 2.41 bits per heavy atom. The van der Waals surface area contributed by atoms with Crippen LogP contribution in [0.3, 0.4) is 0 Å².